The Labute approximate surface area is 131 Å². The lowest BCUT2D eigenvalue weighted by atomic mass is 10.2. The van der Waals surface area contributed by atoms with Crippen molar-refractivity contribution in [3.8, 4) is 11.5 Å². The van der Waals surface area contributed by atoms with Crippen molar-refractivity contribution in [3.05, 3.63) is 57.5 Å². The van der Waals surface area contributed by atoms with Crippen LogP contribution >= 0.6 is 11.6 Å². The van der Waals surface area contributed by atoms with Crippen LogP contribution in [0.5, 0.6) is 11.5 Å². The molecule has 3 rings (SSSR count). The van der Waals surface area contributed by atoms with E-state index in [0.29, 0.717) is 34.2 Å². The molecule has 0 saturated carbocycles. The summed E-state index contributed by atoms with van der Waals surface area (Å²) in [5.41, 5.74) is 2.06. The fraction of sp³-hybridized carbons (Fsp3) is 0.188. The van der Waals surface area contributed by atoms with E-state index < -0.39 is 5.76 Å². The second kappa shape index (κ2) is 5.77. The normalized spacial score (nSPS) is 10.9. The van der Waals surface area contributed by atoms with Gasteiger partial charge in [0.25, 0.3) is 0 Å². The fourth-order valence-corrected chi connectivity index (χ4v) is 2.51. The summed E-state index contributed by atoms with van der Waals surface area (Å²) in [6.07, 6.45) is 0. The number of hydrogen-bond acceptors (Lipinski definition) is 4. The number of aromatic nitrogens is 1. The highest BCUT2D eigenvalue weighted by atomic mass is 35.5. The highest BCUT2D eigenvalue weighted by Gasteiger charge is 2.12. The quantitative estimate of drug-likeness (QED) is 0.740. The minimum absolute atomic E-state index is 0.354. The van der Waals surface area contributed by atoms with Gasteiger partial charge in [-0.3, -0.25) is 4.57 Å². The maximum Gasteiger partial charge on any atom is 0.420 e. The molecule has 0 amide bonds. The molecule has 0 radical (unpaired) electrons. The summed E-state index contributed by atoms with van der Waals surface area (Å²) >= 11 is 6.00. The van der Waals surface area contributed by atoms with E-state index in [1.165, 1.54) is 4.57 Å². The van der Waals surface area contributed by atoms with Crippen LogP contribution in [0.3, 0.4) is 0 Å². The molecule has 0 N–H and O–H groups in total. The SMILES string of the molecule is COc1ccc(Cn2c(=O)oc3ccc(Cl)cc32)cc1OC. The third-order valence-electron chi connectivity index (χ3n) is 3.42. The summed E-state index contributed by atoms with van der Waals surface area (Å²) in [7, 11) is 3.15. The molecule has 1 heterocycles. The Morgan fingerprint density at radius 1 is 1.09 bits per heavy atom. The van der Waals surface area contributed by atoms with Crippen LogP contribution in [0.25, 0.3) is 11.1 Å². The number of hydrogen-bond donors (Lipinski definition) is 0. The summed E-state index contributed by atoms with van der Waals surface area (Å²) < 4.78 is 17.2. The van der Waals surface area contributed by atoms with E-state index in [2.05, 4.69) is 0 Å². The Morgan fingerprint density at radius 2 is 1.86 bits per heavy atom. The first-order valence-electron chi connectivity index (χ1n) is 6.62. The van der Waals surface area contributed by atoms with Crippen molar-refractivity contribution < 1.29 is 13.9 Å². The lowest BCUT2D eigenvalue weighted by Gasteiger charge is -2.09. The number of oxazole rings is 1. The zero-order valence-corrected chi connectivity index (χ0v) is 12.9. The lowest BCUT2D eigenvalue weighted by molar-refractivity contribution is 0.354. The molecule has 22 heavy (non-hydrogen) atoms. The van der Waals surface area contributed by atoms with Crippen molar-refractivity contribution in [1.82, 2.24) is 4.57 Å². The average Bonchev–Trinajstić information content (AvgIpc) is 2.83. The van der Waals surface area contributed by atoms with Gasteiger partial charge < -0.3 is 13.9 Å². The Hall–Kier alpha value is -2.40. The van der Waals surface area contributed by atoms with Gasteiger partial charge in [-0.05, 0) is 35.9 Å². The van der Waals surface area contributed by atoms with Crippen LogP contribution in [0.1, 0.15) is 5.56 Å². The standard InChI is InChI=1S/C16H14ClNO4/c1-20-14-5-3-10(7-15(14)21-2)9-18-12-8-11(17)4-6-13(12)22-16(18)19/h3-8H,9H2,1-2H3. The van der Waals surface area contributed by atoms with Crippen LogP contribution in [0.4, 0.5) is 0 Å². The summed E-state index contributed by atoms with van der Waals surface area (Å²) in [6.45, 7) is 0.354. The van der Waals surface area contributed by atoms with E-state index in [4.69, 9.17) is 25.5 Å². The molecule has 5 nitrogen and oxygen atoms in total. The van der Waals surface area contributed by atoms with Crippen molar-refractivity contribution in [1.29, 1.82) is 0 Å². The van der Waals surface area contributed by atoms with Crippen molar-refractivity contribution in [2.75, 3.05) is 14.2 Å². The third kappa shape index (κ3) is 2.55. The van der Waals surface area contributed by atoms with E-state index in [9.17, 15) is 4.79 Å². The molecule has 1 aromatic heterocycles. The van der Waals surface area contributed by atoms with Gasteiger partial charge in [0.2, 0.25) is 0 Å². The van der Waals surface area contributed by atoms with E-state index in [1.807, 2.05) is 12.1 Å². The van der Waals surface area contributed by atoms with Crippen LogP contribution in [0, 0.1) is 0 Å². The number of methoxy groups -OCH3 is 2. The molecule has 0 aliphatic rings. The van der Waals surface area contributed by atoms with Crippen LogP contribution in [-0.2, 0) is 6.54 Å². The zero-order chi connectivity index (χ0) is 15.7. The first-order chi connectivity index (χ1) is 10.6. The first kappa shape index (κ1) is 14.5. The number of nitrogens with zero attached hydrogens (tertiary/aromatic N) is 1. The minimum atomic E-state index is -0.424. The number of ether oxygens (including phenoxy) is 2. The Bertz CT molecular complexity index is 881. The van der Waals surface area contributed by atoms with Gasteiger partial charge in [-0.1, -0.05) is 17.7 Å². The van der Waals surface area contributed by atoms with Gasteiger partial charge in [-0.2, -0.15) is 0 Å². The molecule has 0 aliphatic heterocycles. The molecule has 6 heteroatoms. The highest BCUT2D eigenvalue weighted by molar-refractivity contribution is 6.31. The van der Waals surface area contributed by atoms with Crippen LogP contribution < -0.4 is 15.2 Å². The summed E-state index contributed by atoms with van der Waals surface area (Å²) in [4.78, 5) is 12.0. The Balaban J connectivity index is 2.05. The van der Waals surface area contributed by atoms with E-state index in [0.717, 1.165) is 5.56 Å². The molecular weight excluding hydrogens is 306 g/mol. The molecule has 0 spiro atoms. The summed E-state index contributed by atoms with van der Waals surface area (Å²) in [5, 5.41) is 0.550. The van der Waals surface area contributed by atoms with Crippen molar-refractivity contribution >= 4 is 22.7 Å². The molecule has 0 saturated heterocycles. The predicted octanol–water partition coefficient (Wildman–Crippen LogP) is 3.31. The van der Waals surface area contributed by atoms with Gasteiger partial charge in [0, 0.05) is 5.02 Å². The van der Waals surface area contributed by atoms with E-state index >= 15 is 0 Å². The maximum absolute atomic E-state index is 12.0. The molecule has 0 fully saturated rings. The fourth-order valence-electron chi connectivity index (χ4n) is 2.35. The van der Waals surface area contributed by atoms with Gasteiger partial charge in [0.15, 0.2) is 17.1 Å². The lowest BCUT2D eigenvalue weighted by Crippen LogP contribution is -2.14. The second-order valence-corrected chi connectivity index (χ2v) is 5.19. The Kier molecular flexibility index (Phi) is 3.81. The molecule has 2 aromatic carbocycles. The monoisotopic (exact) mass is 319 g/mol. The molecule has 3 aromatic rings. The topological polar surface area (TPSA) is 53.6 Å². The van der Waals surface area contributed by atoms with Crippen molar-refractivity contribution in [2.24, 2.45) is 0 Å². The minimum Gasteiger partial charge on any atom is -0.493 e. The van der Waals surface area contributed by atoms with Gasteiger partial charge in [-0.15, -0.1) is 0 Å². The predicted molar refractivity (Wildman–Crippen MR) is 84.1 cm³/mol. The summed E-state index contributed by atoms with van der Waals surface area (Å²) in [6, 6.07) is 10.6. The van der Waals surface area contributed by atoms with Crippen molar-refractivity contribution in [2.45, 2.75) is 6.54 Å². The molecule has 0 aliphatic carbocycles. The van der Waals surface area contributed by atoms with Crippen LogP contribution in [0.15, 0.2) is 45.6 Å². The van der Waals surface area contributed by atoms with Crippen molar-refractivity contribution in [3.63, 3.8) is 0 Å². The first-order valence-corrected chi connectivity index (χ1v) is 7.00. The number of benzene rings is 2. The molecule has 0 atom stereocenters. The van der Waals surface area contributed by atoms with E-state index in [-0.39, 0.29) is 0 Å². The summed E-state index contributed by atoms with van der Waals surface area (Å²) in [5.74, 6) is 0.824. The molecule has 0 bridgehead atoms. The highest BCUT2D eigenvalue weighted by Crippen LogP contribution is 2.28. The largest absolute Gasteiger partial charge is 0.493 e. The van der Waals surface area contributed by atoms with Gasteiger partial charge in [0.05, 0.1) is 26.3 Å². The van der Waals surface area contributed by atoms with E-state index in [1.54, 1.807) is 38.5 Å². The number of fused-ring (bicyclic) bond motifs is 1. The van der Waals surface area contributed by atoms with Crippen LogP contribution in [-0.4, -0.2) is 18.8 Å². The van der Waals surface area contributed by atoms with Gasteiger partial charge >= 0.3 is 5.76 Å². The molecule has 0 unspecified atom stereocenters. The second-order valence-electron chi connectivity index (χ2n) is 4.76. The number of halogens is 1. The smallest absolute Gasteiger partial charge is 0.420 e. The Morgan fingerprint density at radius 3 is 2.59 bits per heavy atom. The van der Waals surface area contributed by atoms with Gasteiger partial charge in [0.1, 0.15) is 0 Å². The zero-order valence-electron chi connectivity index (χ0n) is 12.1. The maximum atomic E-state index is 12.0. The third-order valence-corrected chi connectivity index (χ3v) is 3.65. The van der Waals surface area contributed by atoms with Crippen LogP contribution in [0.2, 0.25) is 5.02 Å². The number of rotatable bonds is 4. The average molecular weight is 320 g/mol. The van der Waals surface area contributed by atoms with Gasteiger partial charge in [-0.25, -0.2) is 4.79 Å². The molecular formula is C16H14ClNO4. The molecule has 114 valence electrons.